The summed E-state index contributed by atoms with van der Waals surface area (Å²) in [6.07, 6.45) is -0.0227. The molecule has 0 saturated carbocycles. The highest BCUT2D eigenvalue weighted by Crippen LogP contribution is 2.19. The van der Waals surface area contributed by atoms with Crippen LogP contribution in [0, 0.1) is 17.0 Å². The van der Waals surface area contributed by atoms with E-state index in [0.29, 0.717) is 25.3 Å². The molecule has 0 aromatic heterocycles. The van der Waals surface area contributed by atoms with Gasteiger partial charge in [-0.15, -0.1) is 0 Å². The molecule has 6 nitrogen and oxygen atoms in total. The Balaban J connectivity index is 2.54. The van der Waals surface area contributed by atoms with Gasteiger partial charge in [0.05, 0.1) is 17.6 Å². The first-order valence-electron chi connectivity index (χ1n) is 6.04. The number of ether oxygens (including phenoxy) is 2. The molecule has 6 heteroatoms. The zero-order chi connectivity index (χ0) is 14.3. The van der Waals surface area contributed by atoms with Gasteiger partial charge in [0.2, 0.25) is 0 Å². The molecule has 1 atom stereocenters. The van der Waals surface area contributed by atoms with E-state index in [9.17, 15) is 10.1 Å². The Bertz CT molecular complexity index is 423. The number of nitro benzene ring substituents is 1. The number of nitro groups is 1. The molecule has 0 bridgehead atoms. The molecule has 106 valence electrons. The number of hydrogen-bond acceptors (Lipinski definition) is 5. The van der Waals surface area contributed by atoms with E-state index >= 15 is 0 Å². The van der Waals surface area contributed by atoms with Crippen molar-refractivity contribution in [3.8, 4) is 0 Å². The SMILES string of the molecule is COCC(CNCc1ccc(C)c([N+](=O)[O-])c1)OC. The lowest BCUT2D eigenvalue weighted by Gasteiger charge is -2.15. The van der Waals surface area contributed by atoms with Gasteiger partial charge in [0.15, 0.2) is 0 Å². The average molecular weight is 268 g/mol. The Morgan fingerprint density at radius 1 is 1.42 bits per heavy atom. The fourth-order valence-electron chi connectivity index (χ4n) is 1.74. The smallest absolute Gasteiger partial charge is 0.272 e. The number of methoxy groups -OCH3 is 2. The lowest BCUT2D eigenvalue weighted by molar-refractivity contribution is -0.385. The van der Waals surface area contributed by atoms with Crippen LogP contribution < -0.4 is 5.32 Å². The Morgan fingerprint density at radius 2 is 2.16 bits per heavy atom. The summed E-state index contributed by atoms with van der Waals surface area (Å²) in [5.74, 6) is 0. The van der Waals surface area contributed by atoms with Crippen LogP contribution in [-0.4, -0.2) is 38.4 Å². The van der Waals surface area contributed by atoms with Crippen molar-refractivity contribution in [2.45, 2.75) is 19.6 Å². The average Bonchev–Trinajstić information content (AvgIpc) is 2.39. The van der Waals surface area contributed by atoms with Gasteiger partial charge in [0.25, 0.3) is 5.69 Å². The molecule has 1 rings (SSSR count). The third-order valence-corrected chi connectivity index (χ3v) is 2.86. The maximum absolute atomic E-state index is 10.8. The van der Waals surface area contributed by atoms with Crippen molar-refractivity contribution < 1.29 is 14.4 Å². The van der Waals surface area contributed by atoms with Crippen molar-refractivity contribution in [1.29, 1.82) is 0 Å². The van der Waals surface area contributed by atoms with Gasteiger partial charge in [-0.25, -0.2) is 0 Å². The predicted octanol–water partition coefficient (Wildman–Crippen LogP) is 1.65. The molecule has 0 amide bonds. The van der Waals surface area contributed by atoms with Crippen LogP contribution in [0.15, 0.2) is 18.2 Å². The molecule has 0 fully saturated rings. The quantitative estimate of drug-likeness (QED) is 0.573. The highest BCUT2D eigenvalue weighted by atomic mass is 16.6. The van der Waals surface area contributed by atoms with Crippen molar-refractivity contribution in [1.82, 2.24) is 5.32 Å². The number of nitrogens with zero attached hydrogens (tertiary/aromatic N) is 1. The van der Waals surface area contributed by atoms with Gasteiger partial charge in [0, 0.05) is 38.9 Å². The van der Waals surface area contributed by atoms with E-state index in [0.717, 1.165) is 5.56 Å². The van der Waals surface area contributed by atoms with Crippen molar-refractivity contribution >= 4 is 5.69 Å². The van der Waals surface area contributed by atoms with E-state index in [2.05, 4.69) is 5.32 Å². The minimum Gasteiger partial charge on any atom is -0.382 e. The maximum atomic E-state index is 10.8. The van der Waals surface area contributed by atoms with Gasteiger partial charge in [0.1, 0.15) is 0 Å². The summed E-state index contributed by atoms with van der Waals surface area (Å²) in [5.41, 5.74) is 1.70. The topological polar surface area (TPSA) is 73.6 Å². The largest absolute Gasteiger partial charge is 0.382 e. The first kappa shape index (κ1) is 15.6. The van der Waals surface area contributed by atoms with Crippen LogP contribution in [0.2, 0.25) is 0 Å². The lowest BCUT2D eigenvalue weighted by Crippen LogP contribution is -2.31. The van der Waals surface area contributed by atoms with Gasteiger partial charge in [-0.2, -0.15) is 0 Å². The number of nitrogens with one attached hydrogen (secondary N) is 1. The van der Waals surface area contributed by atoms with Crippen LogP contribution in [0.25, 0.3) is 0 Å². The number of aryl methyl sites for hydroxylation is 1. The van der Waals surface area contributed by atoms with Crippen molar-refractivity contribution in [2.75, 3.05) is 27.4 Å². The van der Waals surface area contributed by atoms with E-state index < -0.39 is 0 Å². The third kappa shape index (κ3) is 4.94. The predicted molar refractivity (Wildman–Crippen MR) is 72.2 cm³/mol. The highest BCUT2D eigenvalue weighted by Gasteiger charge is 2.11. The maximum Gasteiger partial charge on any atom is 0.272 e. The molecule has 0 radical (unpaired) electrons. The van der Waals surface area contributed by atoms with Crippen LogP contribution in [0.5, 0.6) is 0 Å². The highest BCUT2D eigenvalue weighted by molar-refractivity contribution is 5.42. The fourth-order valence-corrected chi connectivity index (χ4v) is 1.74. The Labute approximate surface area is 112 Å². The number of rotatable bonds is 8. The van der Waals surface area contributed by atoms with Gasteiger partial charge >= 0.3 is 0 Å². The van der Waals surface area contributed by atoms with Crippen LogP contribution in [0.4, 0.5) is 5.69 Å². The Hall–Kier alpha value is -1.50. The molecule has 1 N–H and O–H groups in total. The molecule has 0 spiro atoms. The normalized spacial score (nSPS) is 12.4. The lowest BCUT2D eigenvalue weighted by atomic mass is 10.1. The molecule has 0 heterocycles. The van der Waals surface area contributed by atoms with E-state index in [1.807, 2.05) is 6.07 Å². The van der Waals surface area contributed by atoms with Crippen molar-refractivity contribution in [2.24, 2.45) is 0 Å². The number of hydrogen-bond donors (Lipinski definition) is 1. The first-order valence-corrected chi connectivity index (χ1v) is 6.04. The van der Waals surface area contributed by atoms with Crippen LogP contribution in [-0.2, 0) is 16.0 Å². The summed E-state index contributed by atoms with van der Waals surface area (Å²) in [6, 6.07) is 5.24. The molecule has 19 heavy (non-hydrogen) atoms. The van der Waals surface area contributed by atoms with Crippen molar-refractivity contribution in [3.05, 3.63) is 39.4 Å². The Morgan fingerprint density at radius 3 is 2.74 bits per heavy atom. The summed E-state index contributed by atoms with van der Waals surface area (Å²) >= 11 is 0. The standard InChI is InChI=1S/C13H20N2O4/c1-10-4-5-11(6-13(10)15(16)17)7-14-8-12(19-3)9-18-2/h4-6,12,14H,7-9H2,1-3H3. The molecule has 1 aromatic rings. The van der Waals surface area contributed by atoms with E-state index in [4.69, 9.17) is 9.47 Å². The molecule has 0 aliphatic rings. The third-order valence-electron chi connectivity index (χ3n) is 2.86. The molecule has 1 aromatic carbocycles. The second-order valence-corrected chi connectivity index (χ2v) is 4.32. The van der Waals surface area contributed by atoms with Gasteiger partial charge in [-0.3, -0.25) is 10.1 Å². The summed E-state index contributed by atoms with van der Waals surface area (Å²) in [6.45, 7) is 3.43. The zero-order valence-corrected chi connectivity index (χ0v) is 11.5. The fraction of sp³-hybridized carbons (Fsp3) is 0.538. The van der Waals surface area contributed by atoms with E-state index in [1.165, 1.54) is 0 Å². The first-order chi connectivity index (χ1) is 9.08. The van der Waals surface area contributed by atoms with Crippen molar-refractivity contribution in [3.63, 3.8) is 0 Å². The summed E-state index contributed by atoms with van der Waals surface area (Å²) in [5, 5.41) is 14.0. The van der Waals surface area contributed by atoms with Gasteiger partial charge < -0.3 is 14.8 Å². The van der Waals surface area contributed by atoms with Gasteiger partial charge in [-0.1, -0.05) is 12.1 Å². The molecule has 0 aliphatic heterocycles. The number of benzene rings is 1. The second kappa shape index (κ2) is 7.83. The van der Waals surface area contributed by atoms with Crippen LogP contribution in [0.3, 0.4) is 0 Å². The minimum absolute atomic E-state index is 0.0227. The summed E-state index contributed by atoms with van der Waals surface area (Å²) in [7, 11) is 3.25. The van der Waals surface area contributed by atoms with Crippen LogP contribution >= 0.6 is 0 Å². The summed E-state index contributed by atoms with van der Waals surface area (Å²) in [4.78, 5) is 10.5. The van der Waals surface area contributed by atoms with Gasteiger partial charge in [-0.05, 0) is 12.5 Å². The van der Waals surface area contributed by atoms with Crippen LogP contribution in [0.1, 0.15) is 11.1 Å². The minimum atomic E-state index is -0.359. The van der Waals surface area contributed by atoms with E-state index in [1.54, 1.807) is 33.3 Å². The Kier molecular flexibility index (Phi) is 6.41. The molecule has 0 saturated heterocycles. The molecular formula is C13H20N2O4. The van der Waals surface area contributed by atoms with E-state index in [-0.39, 0.29) is 16.7 Å². The zero-order valence-electron chi connectivity index (χ0n) is 11.5. The molecule has 1 unspecified atom stereocenters. The monoisotopic (exact) mass is 268 g/mol. The second-order valence-electron chi connectivity index (χ2n) is 4.32. The molecular weight excluding hydrogens is 248 g/mol. The summed E-state index contributed by atoms with van der Waals surface area (Å²) < 4.78 is 10.2. The molecule has 0 aliphatic carbocycles.